The van der Waals surface area contributed by atoms with E-state index in [2.05, 4.69) is 13.0 Å². The van der Waals surface area contributed by atoms with Crippen LogP contribution in [-0.2, 0) is 0 Å². The van der Waals surface area contributed by atoms with Crippen LogP contribution in [0.15, 0.2) is 11.6 Å². The summed E-state index contributed by atoms with van der Waals surface area (Å²) in [7, 11) is 0. The predicted molar refractivity (Wildman–Crippen MR) is 110 cm³/mol. The highest BCUT2D eigenvalue weighted by atomic mass is 16.3. The van der Waals surface area contributed by atoms with Crippen LogP contribution in [0.4, 0.5) is 0 Å². The van der Waals surface area contributed by atoms with E-state index in [9.17, 15) is 5.11 Å². The van der Waals surface area contributed by atoms with Crippen molar-refractivity contribution >= 4 is 0 Å². The van der Waals surface area contributed by atoms with Crippen LogP contribution < -0.4 is 0 Å². The van der Waals surface area contributed by atoms with E-state index in [0.29, 0.717) is 5.92 Å². The first kappa shape index (κ1) is 19.0. The zero-order valence-electron chi connectivity index (χ0n) is 17.2. The second-order valence-corrected chi connectivity index (χ2v) is 10.6. The standard InChI is InChI=1S/C25H42O/c1-18-6-15-24(25(26)16-18)23-13-11-22(12-14-23)21-9-7-20(8-10-21)17-19-4-2-3-5-19/h13,18-22,24-26H,2-12,14-17H2,1H3. The van der Waals surface area contributed by atoms with Crippen molar-refractivity contribution in [2.24, 2.45) is 35.5 Å². The van der Waals surface area contributed by atoms with Crippen LogP contribution in [0.1, 0.15) is 103 Å². The molecule has 0 aromatic heterocycles. The maximum absolute atomic E-state index is 10.5. The van der Waals surface area contributed by atoms with Gasteiger partial charge in [-0.2, -0.15) is 0 Å². The maximum Gasteiger partial charge on any atom is 0.0608 e. The van der Waals surface area contributed by atoms with Gasteiger partial charge < -0.3 is 5.11 Å². The second kappa shape index (κ2) is 8.80. The lowest BCUT2D eigenvalue weighted by molar-refractivity contribution is 0.0616. The zero-order valence-corrected chi connectivity index (χ0v) is 17.2. The Morgan fingerprint density at radius 3 is 2.23 bits per heavy atom. The summed E-state index contributed by atoms with van der Waals surface area (Å²) in [6.45, 7) is 2.30. The lowest BCUT2D eigenvalue weighted by atomic mass is 9.68. The van der Waals surface area contributed by atoms with Gasteiger partial charge in [0.2, 0.25) is 0 Å². The van der Waals surface area contributed by atoms with E-state index in [4.69, 9.17) is 0 Å². The highest BCUT2D eigenvalue weighted by Gasteiger charge is 2.34. The molecule has 0 radical (unpaired) electrons. The average molecular weight is 359 g/mol. The van der Waals surface area contributed by atoms with Crippen LogP contribution in [0.5, 0.6) is 0 Å². The SMILES string of the molecule is CC1CCC(C2=CCC(C3CCC(CC4CCCC4)CC3)CC2)C(O)C1. The Balaban J connectivity index is 1.23. The van der Waals surface area contributed by atoms with Crippen LogP contribution in [0.25, 0.3) is 0 Å². The molecule has 4 aliphatic rings. The lowest BCUT2D eigenvalue weighted by Crippen LogP contribution is -2.31. The van der Waals surface area contributed by atoms with Gasteiger partial charge in [-0.05, 0) is 87.4 Å². The Bertz CT molecular complexity index is 467. The Morgan fingerprint density at radius 2 is 1.58 bits per heavy atom. The summed E-state index contributed by atoms with van der Waals surface area (Å²) in [6, 6.07) is 0. The maximum atomic E-state index is 10.5. The van der Waals surface area contributed by atoms with E-state index in [1.165, 1.54) is 83.5 Å². The van der Waals surface area contributed by atoms with Crippen LogP contribution in [0.3, 0.4) is 0 Å². The van der Waals surface area contributed by atoms with Gasteiger partial charge in [0.05, 0.1) is 6.10 Å². The Kier molecular flexibility index (Phi) is 6.44. The minimum atomic E-state index is -0.0624. The fraction of sp³-hybridized carbons (Fsp3) is 0.920. The number of rotatable bonds is 4. The van der Waals surface area contributed by atoms with Crippen molar-refractivity contribution in [2.45, 2.75) is 109 Å². The van der Waals surface area contributed by atoms with Crippen LogP contribution in [0.2, 0.25) is 0 Å². The molecule has 4 aliphatic carbocycles. The smallest absolute Gasteiger partial charge is 0.0608 e. The third-order valence-corrected chi connectivity index (χ3v) is 8.74. The van der Waals surface area contributed by atoms with Gasteiger partial charge in [0.25, 0.3) is 0 Å². The molecule has 0 aliphatic heterocycles. The summed E-state index contributed by atoms with van der Waals surface area (Å²) in [4.78, 5) is 0. The third kappa shape index (κ3) is 4.57. The molecule has 0 amide bonds. The van der Waals surface area contributed by atoms with Crippen molar-refractivity contribution in [3.05, 3.63) is 11.6 Å². The fourth-order valence-electron chi connectivity index (χ4n) is 7.04. The van der Waals surface area contributed by atoms with Gasteiger partial charge in [-0.15, -0.1) is 0 Å². The largest absolute Gasteiger partial charge is 0.392 e. The first-order valence-corrected chi connectivity index (χ1v) is 12.1. The van der Waals surface area contributed by atoms with E-state index in [1.54, 1.807) is 12.0 Å². The molecule has 0 saturated heterocycles. The minimum absolute atomic E-state index is 0.0624. The number of aliphatic hydroxyl groups is 1. The Morgan fingerprint density at radius 1 is 0.846 bits per heavy atom. The van der Waals surface area contributed by atoms with E-state index in [1.807, 2.05) is 0 Å². The number of allylic oxidation sites excluding steroid dienone is 1. The van der Waals surface area contributed by atoms with Crippen molar-refractivity contribution in [1.82, 2.24) is 0 Å². The summed E-state index contributed by atoms with van der Waals surface area (Å²) in [5.41, 5.74) is 1.62. The van der Waals surface area contributed by atoms with Gasteiger partial charge in [0.1, 0.15) is 0 Å². The van der Waals surface area contributed by atoms with Gasteiger partial charge in [-0.25, -0.2) is 0 Å². The number of hydrogen-bond donors (Lipinski definition) is 1. The summed E-state index contributed by atoms with van der Waals surface area (Å²) in [5, 5.41) is 10.5. The minimum Gasteiger partial charge on any atom is -0.392 e. The molecule has 4 unspecified atom stereocenters. The molecule has 0 heterocycles. The Labute approximate surface area is 162 Å². The molecule has 3 saturated carbocycles. The normalized spacial score (nSPS) is 42.6. The van der Waals surface area contributed by atoms with Gasteiger partial charge in [-0.3, -0.25) is 0 Å². The summed E-state index contributed by atoms with van der Waals surface area (Å²) >= 11 is 0. The summed E-state index contributed by atoms with van der Waals surface area (Å²) in [6.07, 6.45) is 23.8. The van der Waals surface area contributed by atoms with Crippen LogP contribution in [-0.4, -0.2) is 11.2 Å². The molecule has 4 atom stereocenters. The molecule has 0 aromatic carbocycles. The molecule has 148 valence electrons. The molecule has 1 N–H and O–H groups in total. The highest BCUT2D eigenvalue weighted by molar-refractivity contribution is 5.14. The first-order chi connectivity index (χ1) is 12.7. The average Bonchev–Trinajstić information content (AvgIpc) is 3.16. The van der Waals surface area contributed by atoms with E-state index < -0.39 is 0 Å². The van der Waals surface area contributed by atoms with E-state index >= 15 is 0 Å². The topological polar surface area (TPSA) is 20.2 Å². The fourth-order valence-corrected chi connectivity index (χ4v) is 7.04. The van der Waals surface area contributed by atoms with Crippen molar-refractivity contribution in [1.29, 1.82) is 0 Å². The zero-order chi connectivity index (χ0) is 17.9. The second-order valence-electron chi connectivity index (χ2n) is 10.6. The molecule has 26 heavy (non-hydrogen) atoms. The summed E-state index contributed by atoms with van der Waals surface area (Å²) in [5.74, 6) is 5.31. The van der Waals surface area contributed by atoms with Gasteiger partial charge >= 0.3 is 0 Å². The quantitative estimate of drug-likeness (QED) is 0.542. The van der Waals surface area contributed by atoms with Crippen LogP contribution in [0, 0.1) is 35.5 Å². The molecule has 3 fully saturated rings. The van der Waals surface area contributed by atoms with Crippen molar-refractivity contribution in [3.63, 3.8) is 0 Å². The Hall–Kier alpha value is -0.300. The first-order valence-electron chi connectivity index (χ1n) is 12.1. The van der Waals surface area contributed by atoms with Crippen molar-refractivity contribution in [2.75, 3.05) is 0 Å². The van der Waals surface area contributed by atoms with Gasteiger partial charge in [0, 0.05) is 5.92 Å². The lowest BCUT2D eigenvalue weighted by Gasteiger charge is -2.39. The molecule has 4 rings (SSSR count). The molecule has 0 bridgehead atoms. The third-order valence-electron chi connectivity index (χ3n) is 8.74. The van der Waals surface area contributed by atoms with Crippen molar-refractivity contribution < 1.29 is 5.11 Å². The highest BCUT2D eigenvalue weighted by Crippen LogP contribution is 2.45. The molecule has 0 aromatic rings. The molecule has 1 heteroatoms. The van der Waals surface area contributed by atoms with E-state index in [-0.39, 0.29) is 6.10 Å². The molecule has 0 spiro atoms. The molecular weight excluding hydrogens is 316 g/mol. The van der Waals surface area contributed by atoms with Crippen molar-refractivity contribution in [3.8, 4) is 0 Å². The van der Waals surface area contributed by atoms with Gasteiger partial charge in [-0.1, -0.05) is 57.1 Å². The van der Waals surface area contributed by atoms with Gasteiger partial charge in [0.15, 0.2) is 0 Å². The number of aliphatic hydroxyl groups excluding tert-OH is 1. The van der Waals surface area contributed by atoms with E-state index in [0.717, 1.165) is 36.0 Å². The predicted octanol–water partition coefficient (Wildman–Crippen LogP) is 6.90. The number of hydrogen-bond acceptors (Lipinski definition) is 1. The molecular formula is C25H42O. The summed E-state index contributed by atoms with van der Waals surface area (Å²) < 4.78 is 0. The van der Waals surface area contributed by atoms with Crippen LogP contribution >= 0.6 is 0 Å². The monoisotopic (exact) mass is 358 g/mol. The molecule has 1 nitrogen and oxygen atoms in total.